The van der Waals surface area contributed by atoms with Gasteiger partial charge in [0.2, 0.25) is 0 Å². The Balaban J connectivity index is 2.08. The highest BCUT2D eigenvalue weighted by molar-refractivity contribution is 7.98. The van der Waals surface area contributed by atoms with Crippen LogP contribution < -0.4 is 5.32 Å². The molecule has 1 N–H and O–H groups in total. The molecule has 1 aromatic heterocycles. The van der Waals surface area contributed by atoms with Gasteiger partial charge in [-0.25, -0.2) is 4.98 Å². The van der Waals surface area contributed by atoms with E-state index in [1.54, 1.807) is 7.11 Å². The molecular formula is C15H20N2OS. The van der Waals surface area contributed by atoms with E-state index in [1.165, 1.54) is 10.9 Å². The number of hydrogen-bond donors (Lipinski definition) is 1. The predicted octanol–water partition coefficient (Wildman–Crippen LogP) is 3.55. The van der Waals surface area contributed by atoms with E-state index in [9.17, 15) is 0 Å². The fourth-order valence-electron chi connectivity index (χ4n) is 1.97. The molecule has 2 aromatic rings. The van der Waals surface area contributed by atoms with Crippen molar-refractivity contribution >= 4 is 28.5 Å². The number of methoxy groups -OCH3 is 1. The SMILES string of the molecule is CNc1nc2ccccc2cc1CSCCCOC. The Labute approximate surface area is 118 Å². The molecule has 3 nitrogen and oxygen atoms in total. The van der Waals surface area contributed by atoms with E-state index in [-0.39, 0.29) is 0 Å². The Bertz CT molecular complexity index is 531. The van der Waals surface area contributed by atoms with Crippen molar-refractivity contribution in [3.8, 4) is 0 Å². The summed E-state index contributed by atoms with van der Waals surface area (Å²) in [6, 6.07) is 10.5. The number of anilines is 1. The van der Waals surface area contributed by atoms with Crippen LogP contribution in [-0.4, -0.2) is 31.5 Å². The lowest BCUT2D eigenvalue weighted by Crippen LogP contribution is -1.99. The lowest BCUT2D eigenvalue weighted by Gasteiger charge is -2.10. The minimum Gasteiger partial charge on any atom is -0.385 e. The number of hydrogen-bond acceptors (Lipinski definition) is 4. The maximum absolute atomic E-state index is 5.06. The third kappa shape index (κ3) is 3.85. The molecule has 0 spiro atoms. The molecule has 0 aliphatic rings. The summed E-state index contributed by atoms with van der Waals surface area (Å²) < 4.78 is 5.06. The Morgan fingerprint density at radius 3 is 2.95 bits per heavy atom. The highest BCUT2D eigenvalue weighted by atomic mass is 32.2. The van der Waals surface area contributed by atoms with Crippen molar-refractivity contribution in [1.82, 2.24) is 4.98 Å². The number of nitrogens with one attached hydrogen (secondary N) is 1. The number of pyridine rings is 1. The zero-order chi connectivity index (χ0) is 13.5. The first-order valence-electron chi connectivity index (χ1n) is 6.48. The van der Waals surface area contributed by atoms with Gasteiger partial charge < -0.3 is 10.1 Å². The summed E-state index contributed by atoms with van der Waals surface area (Å²) in [5.41, 5.74) is 2.31. The number of thioether (sulfide) groups is 1. The van der Waals surface area contributed by atoms with E-state index in [0.717, 1.165) is 35.9 Å². The van der Waals surface area contributed by atoms with Gasteiger partial charge in [-0.2, -0.15) is 11.8 Å². The van der Waals surface area contributed by atoms with Crippen molar-refractivity contribution in [2.45, 2.75) is 12.2 Å². The number of nitrogens with zero attached hydrogens (tertiary/aromatic N) is 1. The number of aromatic nitrogens is 1. The van der Waals surface area contributed by atoms with Crippen molar-refractivity contribution in [2.24, 2.45) is 0 Å². The number of para-hydroxylation sites is 1. The van der Waals surface area contributed by atoms with Crippen LogP contribution in [0.5, 0.6) is 0 Å². The van der Waals surface area contributed by atoms with Crippen LogP contribution >= 0.6 is 11.8 Å². The van der Waals surface area contributed by atoms with Crippen LogP contribution in [0, 0.1) is 0 Å². The molecule has 0 aliphatic carbocycles. The van der Waals surface area contributed by atoms with Gasteiger partial charge in [-0.1, -0.05) is 18.2 Å². The molecule has 4 heteroatoms. The third-order valence-electron chi connectivity index (χ3n) is 2.93. The number of fused-ring (bicyclic) bond motifs is 1. The van der Waals surface area contributed by atoms with Crippen LogP contribution in [0.15, 0.2) is 30.3 Å². The minimum absolute atomic E-state index is 0.835. The van der Waals surface area contributed by atoms with Crippen molar-refractivity contribution in [3.63, 3.8) is 0 Å². The van der Waals surface area contributed by atoms with E-state index in [2.05, 4.69) is 28.5 Å². The summed E-state index contributed by atoms with van der Waals surface area (Å²) in [5, 5.41) is 4.39. The van der Waals surface area contributed by atoms with Gasteiger partial charge in [0.15, 0.2) is 0 Å². The van der Waals surface area contributed by atoms with E-state index < -0.39 is 0 Å². The van der Waals surface area contributed by atoms with Crippen molar-refractivity contribution in [3.05, 3.63) is 35.9 Å². The van der Waals surface area contributed by atoms with Gasteiger partial charge in [0, 0.05) is 37.5 Å². The van der Waals surface area contributed by atoms with Gasteiger partial charge in [-0.15, -0.1) is 0 Å². The molecule has 0 bridgehead atoms. The summed E-state index contributed by atoms with van der Waals surface area (Å²) in [7, 11) is 3.67. The van der Waals surface area contributed by atoms with Crippen LogP contribution in [0.2, 0.25) is 0 Å². The first-order chi connectivity index (χ1) is 9.35. The summed E-state index contributed by atoms with van der Waals surface area (Å²) in [6.07, 6.45) is 1.09. The van der Waals surface area contributed by atoms with E-state index in [0.29, 0.717) is 0 Å². The summed E-state index contributed by atoms with van der Waals surface area (Å²) in [4.78, 5) is 4.66. The third-order valence-corrected chi connectivity index (χ3v) is 4.03. The first-order valence-corrected chi connectivity index (χ1v) is 7.63. The second-order valence-electron chi connectivity index (χ2n) is 4.34. The van der Waals surface area contributed by atoms with Crippen molar-refractivity contribution < 1.29 is 4.74 Å². The van der Waals surface area contributed by atoms with Gasteiger partial charge in [-0.05, 0) is 24.3 Å². The molecule has 0 atom stereocenters. The molecule has 1 aromatic carbocycles. The van der Waals surface area contributed by atoms with Crippen LogP contribution in [0.25, 0.3) is 10.9 Å². The van der Waals surface area contributed by atoms with Crippen molar-refractivity contribution in [1.29, 1.82) is 0 Å². The molecular weight excluding hydrogens is 256 g/mol. The summed E-state index contributed by atoms with van der Waals surface area (Å²) in [5.74, 6) is 3.08. The van der Waals surface area contributed by atoms with E-state index in [1.807, 2.05) is 30.9 Å². The average molecular weight is 276 g/mol. The van der Waals surface area contributed by atoms with Crippen LogP contribution in [0.1, 0.15) is 12.0 Å². The molecule has 0 unspecified atom stereocenters. The van der Waals surface area contributed by atoms with E-state index >= 15 is 0 Å². The number of benzene rings is 1. The zero-order valence-corrected chi connectivity index (χ0v) is 12.3. The van der Waals surface area contributed by atoms with E-state index in [4.69, 9.17) is 4.74 Å². The summed E-state index contributed by atoms with van der Waals surface area (Å²) in [6.45, 7) is 0.835. The van der Waals surface area contributed by atoms with Gasteiger partial charge in [0.25, 0.3) is 0 Å². The zero-order valence-electron chi connectivity index (χ0n) is 11.5. The highest BCUT2D eigenvalue weighted by Gasteiger charge is 2.05. The standard InChI is InChI=1S/C15H20N2OS/c1-16-15-13(11-19-9-5-8-18-2)10-12-6-3-4-7-14(12)17-15/h3-4,6-7,10H,5,8-9,11H2,1-2H3,(H,16,17). The molecule has 2 rings (SSSR count). The maximum atomic E-state index is 5.06. The normalized spacial score (nSPS) is 10.8. The Morgan fingerprint density at radius 1 is 1.32 bits per heavy atom. The average Bonchev–Trinajstić information content (AvgIpc) is 2.46. The van der Waals surface area contributed by atoms with Gasteiger partial charge in [-0.3, -0.25) is 0 Å². The number of rotatable bonds is 7. The predicted molar refractivity (Wildman–Crippen MR) is 83.9 cm³/mol. The molecule has 19 heavy (non-hydrogen) atoms. The quantitative estimate of drug-likeness (QED) is 0.784. The van der Waals surface area contributed by atoms with Crippen LogP contribution in [0.4, 0.5) is 5.82 Å². The second kappa shape index (κ2) is 7.36. The largest absolute Gasteiger partial charge is 0.385 e. The Kier molecular flexibility index (Phi) is 5.48. The van der Waals surface area contributed by atoms with Gasteiger partial charge in [0.1, 0.15) is 5.82 Å². The lowest BCUT2D eigenvalue weighted by atomic mass is 10.1. The smallest absolute Gasteiger partial charge is 0.130 e. The fourth-order valence-corrected chi connectivity index (χ4v) is 2.88. The number of ether oxygens (including phenoxy) is 1. The lowest BCUT2D eigenvalue weighted by molar-refractivity contribution is 0.200. The Hall–Kier alpha value is -1.26. The highest BCUT2D eigenvalue weighted by Crippen LogP contribution is 2.24. The molecule has 0 amide bonds. The monoisotopic (exact) mass is 276 g/mol. The molecule has 0 fully saturated rings. The molecule has 0 radical (unpaired) electrons. The molecule has 1 heterocycles. The Morgan fingerprint density at radius 2 is 2.16 bits per heavy atom. The fraction of sp³-hybridized carbons (Fsp3) is 0.400. The first kappa shape index (κ1) is 14.2. The molecule has 0 saturated heterocycles. The maximum Gasteiger partial charge on any atom is 0.130 e. The molecule has 0 saturated carbocycles. The minimum atomic E-state index is 0.835. The van der Waals surface area contributed by atoms with Crippen LogP contribution in [0.3, 0.4) is 0 Å². The molecule has 0 aliphatic heterocycles. The molecule has 102 valence electrons. The second-order valence-corrected chi connectivity index (χ2v) is 5.44. The van der Waals surface area contributed by atoms with Crippen molar-refractivity contribution in [2.75, 3.05) is 31.8 Å². The van der Waals surface area contributed by atoms with Crippen LogP contribution in [-0.2, 0) is 10.5 Å². The van der Waals surface area contributed by atoms with Gasteiger partial charge in [0.05, 0.1) is 5.52 Å². The van der Waals surface area contributed by atoms with Gasteiger partial charge >= 0.3 is 0 Å². The topological polar surface area (TPSA) is 34.2 Å². The summed E-state index contributed by atoms with van der Waals surface area (Å²) >= 11 is 1.92.